The Bertz CT molecular complexity index is 1380. The van der Waals surface area contributed by atoms with Gasteiger partial charge in [0.05, 0.1) is 30.7 Å². The van der Waals surface area contributed by atoms with Gasteiger partial charge in [0.1, 0.15) is 18.1 Å². The number of pyridine rings is 2. The SMILES string of the molecule is COc1ccc(COc2cncc3nc(N=C(c4ccccc4)c4ccccc4)ccc23)cc1. The fraction of sp³-hybridized carbons (Fsp3) is 0.0690. The summed E-state index contributed by atoms with van der Waals surface area (Å²) in [4.78, 5) is 14.0. The van der Waals surface area contributed by atoms with Crippen molar-refractivity contribution in [3.05, 3.63) is 126 Å². The Kier molecular flexibility index (Phi) is 6.25. The van der Waals surface area contributed by atoms with Crippen LogP contribution in [0.15, 0.2) is 114 Å². The molecule has 2 aromatic heterocycles. The van der Waals surface area contributed by atoms with Crippen molar-refractivity contribution in [1.29, 1.82) is 0 Å². The first-order valence-electron chi connectivity index (χ1n) is 11.0. The van der Waals surface area contributed by atoms with E-state index in [4.69, 9.17) is 19.5 Å². The third-order valence-corrected chi connectivity index (χ3v) is 5.44. The maximum Gasteiger partial charge on any atom is 0.153 e. The van der Waals surface area contributed by atoms with Crippen LogP contribution in [-0.4, -0.2) is 22.8 Å². The van der Waals surface area contributed by atoms with E-state index in [2.05, 4.69) is 29.2 Å². The summed E-state index contributed by atoms with van der Waals surface area (Å²) in [6, 6.07) is 32.0. The molecule has 0 bridgehead atoms. The highest BCUT2D eigenvalue weighted by molar-refractivity contribution is 6.13. The molecule has 0 fully saturated rings. The van der Waals surface area contributed by atoms with Crippen LogP contribution in [0.2, 0.25) is 0 Å². The molecule has 0 radical (unpaired) electrons. The Morgan fingerprint density at radius 2 is 1.44 bits per heavy atom. The number of benzene rings is 3. The van der Waals surface area contributed by atoms with Crippen molar-refractivity contribution in [2.24, 2.45) is 4.99 Å². The molecule has 5 nitrogen and oxygen atoms in total. The van der Waals surface area contributed by atoms with Crippen LogP contribution >= 0.6 is 0 Å². The van der Waals surface area contributed by atoms with Gasteiger partial charge in [0, 0.05) is 16.5 Å². The molecule has 0 saturated carbocycles. The largest absolute Gasteiger partial charge is 0.497 e. The van der Waals surface area contributed by atoms with Crippen molar-refractivity contribution in [3.63, 3.8) is 0 Å². The first-order chi connectivity index (χ1) is 16.8. The molecule has 5 heteroatoms. The predicted molar refractivity (Wildman–Crippen MR) is 135 cm³/mol. The summed E-state index contributed by atoms with van der Waals surface area (Å²) < 4.78 is 11.3. The minimum absolute atomic E-state index is 0.427. The van der Waals surface area contributed by atoms with Gasteiger partial charge in [0.15, 0.2) is 5.82 Å². The number of nitrogens with zero attached hydrogens (tertiary/aromatic N) is 3. The zero-order valence-corrected chi connectivity index (χ0v) is 18.8. The van der Waals surface area contributed by atoms with E-state index in [9.17, 15) is 0 Å². The molecular formula is C29H23N3O2. The van der Waals surface area contributed by atoms with E-state index in [0.717, 1.165) is 39.1 Å². The standard InChI is InChI=1S/C29H23N3O2/c1-33-24-14-12-21(13-15-24)20-34-27-19-30-18-26-25(27)16-17-28(31-26)32-29(22-8-4-2-5-9-22)23-10-6-3-7-11-23/h2-19H,20H2,1H3. The highest BCUT2D eigenvalue weighted by atomic mass is 16.5. The predicted octanol–water partition coefficient (Wildman–Crippen LogP) is 6.39. The van der Waals surface area contributed by atoms with Gasteiger partial charge in [-0.2, -0.15) is 0 Å². The van der Waals surface area contributed by atoms with Crippen molar-refractivity contribution >= 4 is 22.4 Å². The van der Waals surface area contributed by atoms with Crippen LogP contribution in [0.5, 0.6) is 11.5 Å². The Labute approximate surface area is 198 Å². The van der Waals surface area contributed by atoms with Gasteiger partial charge in [-0.25, -0.2) is 9.98 Å². The van der Waals surface area contributed by atoms with E-state index in [1.807, 2.05) is 72.8 Å². The van der Waals surface area contributed by atoms with Crippen LogP contribution in [0, 0.1) is 0 Å². The van der Waals surface area contributed by atoms with Crippen molar-refractivity contribution in [1.82, 2.24) is 9.97 Å². The highest BCUT2D eigenvalue weighted by Crippen LogP contribution is 2.27. The lowest BCUT2D eigenvalue weighted by Crippen LogP contribution is -2.03. The van der Waals surface area contributed by atoms with Crippen LogP contribution < -0.4 is 9.47 Å². The van der Waals surface area contributed by atoms with Crippen LogP contribution in [0.3, 0.4) is 0 Å². The quantitative estimate of drug-likeness (QED) is 0.273. The van der Waals surface area contributed by atoms with Crippen LogP contribution in [-0.2, 0) is 6.61 Å². The molecule has 5 rings (SSSR count). The fourth-order valence-corrected chi connectivity index (χ4v) is 3.68. The molecule has 5 aromatic rings. The number of methoxy groups -OCH3 is 1. The third-order valence-electron chi connectivity index (χ3n) is 5.44. The summed E-state index contributed by atoms with van der Waals surface area (Å²) in [5, 5.41) is 0.892. The van der Waals surface area contributed by atoms with Crippen molar-refractivity contribution in [2.75, 3.05) is 7.11 Å². The zero-order valence-electron chi connectivity index (χ0n) is 18.8. The summed E-state index contributed by atoms with van der Waals surface area (Å²) in [5.74, 6) is 2.12. The molecule has 0 aliphatic carbocycles. The number of aliphatic imine (C=N–C) groups is 1. The van der Waals surface area contributed by atoms with E-state index in [1.165, 1.54) is 0 Å². The molecule has 0 spiro atoms. The number of aromatic nitrogens is 2. The molecule has 0 saturated heterocycles. The Balaban J connectivity index is 1.46. The van der Waals surface area contributed by atoms with Gasteiger partial charge in [-0.3, -0.25) is 4.98 Å². The van der Waals surface area contributed by atoms with Crippen molar-refractivity contribution in [2.45, 2.75) is 6.61 Å². The molecule has 34 heavy (non-hydrogen) atoms. The van der Waals surface area contributed by atoms with Gasteiger partial charge in [-0.1, -0.05) is 72.8 Å². The molecule has 3 aromatic carbocycles. The molecule has 0 aliphatic heterocycles. The first-order valence-corrected chi connectivity index (χ1v) is 11.0. The molecule has 0 N–H and O–H groups in total. The average molecular weight is 446 g/mol. The highest BCUT2D eigenvalue weighted by Gasteiger charge is 2.10. The second kappa shape index (κ2) is 9.96. The lowest BCUT2D eigenvalue weighted by Gasteiger charge is -2.10. The Morgan fingerprint density at radius 3 is 2.09 bits per heavy atom. The van der Waals surface area contributed by atoms with Gasteiger partial charge in [0.25, 0.3) is 0 Å². The Morgan fingerprint density at radius 1 is 0.765 bits per heavy atom. The van der Waals surface area contributed by atoms with E-state index in [-0.39, 0.29) is 0 Å². The average Bonchev–Trinajstić information content (AvgIpc) is 2.91. The van der Waals surface area contributed by atoms with Gasteiger partial charge in [0.2, 0.25) is 0 Å². The second-order valence-electron chi connectivity index (χ2n) is 7.70. The third kappa shape index (κ3) is 4.79. The molecule has 0 aliphatic rings. The zero-order chi connectivity index (χ0) is 23.2. The summed E-state index contributed by atoms with van der Waals surface area (Å²) in [7, 11) is 1.65. The lowest BCUT2D eigenvalue weighted by molar-refractivity contribution is 0.308. The van der Waals surface area contributed by atoms with Gasteiger partial charge in [-0.05, 0) is 29.8 Å². The molecular weight excluding hydrogens is 422 g/mol. The second-order valence-corrected chi connectivity index (χ2v) is 7.70. The van der Waals surface area contributed by atoms with Gasteiger partial charge < -0.3 is 9.47 Å². The molecule has 0 amide bonds. The van der Waals surface area contributed by atoms with Gasteiger partial charge in [-0.15, -0.1) is 0 Å². The summed E-state index contributed by atoms with van der Waals surface area (Å²) in [6.45, 7) is 0.427. The van der Waals surface area contributed by atoms with E-state index < -0.39 is 0 Å². The molecule has 166 valence electrons. The summed E-state index contributed by atoms with van der Waals surface area (Å²) >= 11 is 0. The molecule has 2 heterocycles. The molecule has 0 unspecified atom stereocenters. The Hall–Kier alpha value is -4.51. The van der Waals surface area contributed by atoms with E-state index >= 15 is 0 Å². The van der Waals surface area contributed by atoms with Crippen molar-refractivity contribution < 1.29 is 9.47 Å². The maximum atomic E-state index is 6.06. The number of rotatable bonds is 7. The molecule has 0 atom stereocenters. The summed E-state index contributed by atoms with van der Waals surface area (Å²) in [6.07, 6.45) is 3.45. The number of hydrogen-bond acceptors (Lipinski definition) is 5. The number of ether oxygens (including phenoxy) is 2. The van der Waals surface area contributed by atoms with Crippen LogP contribution in [0.4, 0.5) is 5.82 Å². The minimum atomic E-state index is 0.427. The normalized spacial score (nSPS) is 10.6. The number of fused-ring (bicyclic) bond motifs is 1. The smallest absolute Gasteiger partial charge is 0.153 e. The monoisotopic (exact) mass is 445 g/mol. The first kappa shape index (κ1) is 21.3. The topological polar surface area (TPSA) is 56.6 Å². The fourth-order valence-electron chi connectivity index (χ4n) is 3.68. The lowest BCUT2D eigenvalue weighted by atomic mass is 10.0. The summed E-state index contributed by atoms with van der Waals surface area (Å²) in [5.41, 5.74) is 4.71. The minimum Gasteiger partial charge on any atom is -0.497 e. The van der Waals surface area contributed by atoms with Crippen LogP contribution in [0.25, 0.3) is 10.9 Å². The van der Waals surface area contributed by atoms with E-state index in [1.54, 1.807) is 19.5 Å². The van der Waals surface area contributed by atoms with Gasteiger partial charge >= 0.3 is 0 Å². The van der Waals surface area contributed by atoms with E-state index in [0.29, 0.717) is 18.2 Å². The van der Waals surface area contributed by atoms with Crippen LogP contribution in [0.1, 0.15) is 16.7 Å². The maximum absolute atomic E-state index is 6.06. The van der Waals surface area contributed by atoms with Crippen molar-refractivity contribution in [3.8, 4) is 11.5 Å². The number of hydrogen-bond donors (Lipinski definition) is 0.